The van der Waals surface area contributed by atoms with Crippen molar-refractivity contribution >= 4 is 33.7 Å². The van der Waals surface area contributed by atoms with E-state index in [1.807, 2.05) is 30.3 Å². The number of ether oxygens (including phenoxy) is 1. The van der Waals surface area contributed by atoms with E-state index in [0.717, 1.165) is 11.6 Å². The number of carbonyl (C=O) groups is 3. The van der Waals surface area contributed by atoms with Crippen LogP contribution in [-0.4, -0.2) is 42.9 Å². The number of benzene rings is 2. The van der Waals surface area contributed by atoms with Crippen molar-refractivity contribution < 1.29 is 23.5 Å². The summed E-state index contributed by atoms with van der Waals surface area (Å²) in [4.78, 5) is 37.7. The fourth-order valence-corrected chi connectivity index (χ4v) is 2.89. The van der Waals surface area contributed by atoms with Crippen LogP contribution in [0.4, 0.5) is 4.39 Å². The van der Waals surface area contributed by atoms with Crippen LogP contribution in [0, 0.1) is 5.82 Å². The molecular weight excluding hydrogens is 431 g/mol. The summed E-state index contributed by atoms with van der Waals surface area (Å²) in [6, 6.07) is 13.0. The van der Waals surface area contributed by atoms with Gasteiger partial charge in [-0.3, -0.25) is 14.4 Å². The summed E-state index contributed by atoms with van der Waals surface area (Å²) < 4.78 is 18.4. The number of rotatable bonds is 8. The Bertz CT molecular complexity index is 845. The Morgan fingerprint density at radius 3 is 2.54 bits per heavy atom. The molecule has 0 aliphatic heterocycles. The molecule has 2 aromatic rings. The standard InChI is InChI=1S/C20H20BrFN2O4/c1-28-19(26)13-24(12-14-5-3-2-4-6-14)18(25)9-10-23-20(27)16-11-15(22)7-8-17(16)21/h2-8,11H,9-10,12-13H2,1H3,(H,23,27). The molecule has 0 aliphatic carbocycles. The van der Waals surface area contributed by atoms with Gasteiger partial charge in [0.2, 0.25) is 5.91 Å². The Hall–Kier alpha value is -2.74. The minimum atomic E-state index is -0.531. The quantitative estimate of drug-likeness (QED) is 0.627. The molecule has 0 unspecified atom stereocenters. The topological polar surface area (TPSA) is 75.7 Å². The van der Waals surface area contributed by atoms with Gasteiger partial charge in [-0.25, -0.2) is 4.39 Å². The Kier molecular flexibility index (Phi) is 8.13. The highest BCUT2D eigenvalue weighted by atomic mass is 79.9. The van der Waals surface area contributed by atoms with Gasteiger partial charge in [0, 0.05) is 24.0 Å². The number of hydrogen-bond acceptors (Lipinski definition) is 4. The van der Waals surface area contributed by atoms with Crippen molar-refractivity contribution in [3.8, 4) is 0 Å². The summed E-state index contributed by atoms with van der Waals surface area (Å²) in [6.07, 6.45) is -0.0114. The first-order valence-electron chi connectivity index (χ1n) is 8.52. The molecule has 0 spiro atoms. The van der Waals surface area contributed by atoms with E-state index in [1.54, 1.807) is 0 Å². The fourth-order valence-electron chi connectivity index (χ4n) is 2.46. The van der Waals surface area contributed by atoms with Crippen LogP contribution in [0.5, 0.6) is 0 Å². The van der Waals surface area contributed by atoms with Gasteiger partial charge in [0.05, 0.1) is 12.7 Å². The van der Waals surface area contributed by atoms with Crippen LogP contribution in [0.2, 0.25) is 0 Å². The molecule has 0 heterocycles. The predicted molar refractivity (Wildman–Crippen MR) is 105 cm³/mol. The van der Waals surface area contributed by atoms with Gasteiger partial charge in [0.15, 0.2) is 0 Å². The van der Waals surface area contributed by atoms with Crippen LogP contribution in [0.25, 0.3) is 0 Å². The second-order valence-electron chi connectivity index (χ2n) is 5.94. The molecule has 0 bridgehead atoms. The lowest BCUT2D eigenvalue weighted by molar-refractivity contribution is -0.147. The van der Waals surface area contributed by atoms with Gasteiger partial charge in [0.1, 0.15) is 12.4 Å². The molecule has 2 aromatic carbocycles. The van der Waals surface area contributed by atoms with Crippen LogP contribution < -0.4 is 5.32 Å². The molecule has 148 valence electrons. The number of amides is 2. The van der Waals surface area contributed by atoms with Crippen LogP contribution in [0.15, 0.2) is 53.0 Å². The molecule has 2 rings (SSSR count). The Morgan fingerprint density at radius 2 is 1.86 bits per heavy atom. The third kappa shape index (κ3) is 6.45. The van der Waals surface area contributed by atoms with Gasteiger partial charge >= 0.3 is 5.97 Å². The van der Waals surface area contributed by atoms with Gasteiger partial charge in [0.25, 0.3) is 5.91 Å². The molecule has 1 N–H and O–H groups in total. The number of methoxy groups -OCH3 is 1. The molecule has 0 saturated carbocycles. The van der Waals surface area contributed by atoms with E-state index in [0.29, 0.717) is 4.47 Å². The molecule has 0 fully saturated rings. The number of hydrogen-bond donors (Lipinski definition) is 1. The zero-order valence-corrected chi connectivity index (χ0v) is 16.9. The van der Waals surface area contributed by atoms with Gasteiger partial charge in [-0.1, -0.05) is 30.3 Å². The summed E-state index contributed by atoms with van der Waals surface area (Å²) >= 11 is 3.19. The number of esters is 1. The first-order valence-corrected chi connectivity index (χ1v) is 9.31. The average molecular weight is 451 g/mol. The van der Waals surface area contributed by atoms with Gasteiger partial charge in [-0.05, 0) is 39.7 Å². The van der Waals surface area contributed by atoms with E-state index in [-0.39, 0.29) is 37.5 Å². The second-order valence-corrected chi connectivity index (χ2v) is 6.80. The largest absolute Gasteiger partial charge is 0.468 e. The normalized spacial score (nSPS) is 10.2. The zero-order chi connectivity index (χ0) is 20.5. The summed E-state index contributed by atoms with van der Waals surface area (Å²) in [5.41, 5.74) is 1.01. The molecule has 0 radical (unpaired) electrons. The second kappa shape index (κ2) is 10.6. The highest BCUT2D eigenvalue weighted by Gasteiger charge is 2.18. The molecule has 28 heavy (non-hydrogen) atoms. The van der Waals surface area contributed by atoms with Crippen molar-refractivity contribution in [1.29, 1.82) is 0 Å². The molecule has 8 heteroatoms. The number of nitrogens with zero attached hydrogens (tertiary/aromatic N) is 1. The van der Waals surface area contributed by atoms with Crippen LogP contribution in [0.3, 0.4) is 0 Å². The van der Waals surface area contributed by atoms with Crippen LogP contribution >= 0.6 is 15.9 Å². The molecule has 2 amide bonds. The maximum atomic E-state index is 13.3. The first kappa shape index (κ1) is 21.6. The fraction of sp³-hybridized carbons (Fsp3) is 0.250. The molecule has 0 saturated heterocycles. The van der Waals surface area contributed by atoms with E-state index in [2.05, 4.69) is 26.0 Å². The first-order chi connectivity index (χ1) is 13.4. The molecular formula is C20H20BrFN2O4. The van der Waals surface area contributed by atoms with Crippen molar-refractivity contribution in [3.63, 3.8) is 0 Å². The number of nitrogens with one attached hydrogen (secondary N) is 1. The Morgan fingerprint density at radius 1 is 1.14 bits per heavy atom. The average Bonchev–Trinajstić information content (AvgIpc) is 2.69. The lowest BCUT2D eigenvalue weighted by Gasteiger charge is -2.21. The van der Waals surface area contributed by atoms with Crippen molar-refractivity contribution in [2.24, 2.45) is 0 Å². The Balaban J connectivity index is 1.95. The van der Waals surface area contributed by atoms with Gasteiger partial charge in [-0.15, -0.1) is 0 Å². The summed E-state index contributed by atoms with van der Waals surface area (Å²) in [5.74, 6) is -1.87. The third-order valence-electron chi connectivity index (χ3n) is 3.91. The van der Waals surface area contributed by atoms with E-state index in [9.17, 15) is 18.8 Å². The van der Waals surface area contributed by atoms with Crippen molar-refractivity contribution in [3.05, 3.63) is 69.9 Å². The zero-order valence-electron chi connectivity index (χ0n) is 15.3. The third-order valence-corrected chi connectivity index (χ3v) is 4.61. The van der Waals surface area contributed by atoms with E-state index < -0.39 is 17.7 Å². The predicted octanol–water partition coefficient (Wildman–Crippen LogP) is 2.91. The van der Waals surface area contributed by atoms with E-state index >= 15 is 0 Å². The highest BCUT2D eigenvalue weighted by Crippen LogP contribution is 2.17. The summed E-state index contributed by atoms with van der Waals surface area (Å²) in [5, 5.41) is 2.58. The minimum absolute atomic E-state index is 0.0114. The Labute approximate surface area is 170 Å². The van der Waals surface area contributed by atoms with E-state index in [1.165, 1.54) is 24.1 Å². The maximum Gasteiger partial charge on any atom is 0.325 e. The maximum absolute atomic E-state index is 13.3. The van der Waals surface area contributed by atoms with Gasteiger partial charge < -0.3 is 15.0 Å². The molecule has 6 nitrogen and oxygen atoms in total. The number of carbonyl (C=O) groups excluding carboxylic acids is 3. The monoisotopic (exact) mass is 450 g/mol. The molecule has 0 aromatic heterocycles. The molecule has 0 aliphatic rings. The lowest BCUT2D eigenvalue weighted by Crippen LogP contribution is -2.38. The smallest absolute Gasteiger partial charge is 0.325 e. The number of halogens is 2. The van der Waals surface area contributed by atoms with Gasteiger partial charge in [-0.2, -0.15) is 0 Å². The van der Waals surface area contributed by atoms with Crippen LogP contribution in [0.1, 0.15) is 22.3 Å². The van der Waals surface area contributed by atoms with Crippen molar-refractivity contribution in [2.45, 2.75) is 13.0 Å². The van der Waals surface area contributed by atoms with Crippen molar-refractivity contribution in [2.75, 3.05) is 20.2 Å². The molecule has 0 atom stereocenters. The lowest BCUT2D eigenvalue weighted by atomic mass is 10.2. The minimum Gasteiger partial charge on any atom is -0.468 e. The van der Waals surface area contributed by atoms with Crippen LogP contribution in [-0.2, 0) is 20.9 Å². The summed E-state index contributed by atoms with van der Waals surface area (Å²) in [6.45, 7) is 0.110. The SMILES string of the molecule is COC(=O)CN(Cc1ccccc1)C(=O)CCNC(=O)c1cc(F)ccc1Br. The summed E-state index contributed by atoms with van der Waals surface area (Å²) in [7, 11) is 1.25. The highest BCUT2D eigenvalue weighted by molar-refractivity contribution is 9.10. The van der Waals surface area contributed by atoms with Crippen molar-refractivity contribution in [1.82, 2.24) is 10.2 Å². The van der Waals surface area contributed by atoms with E-state index in [4.69, 9.17) is 0 Å².